The van der Waals surface area contributed by atoms with Gasteiger partial charge in [0.15, 0.2) is 0 Å². The Morgan fingerprint density at radius 3 is 2.61 bits per heavy atom. The Kier molecular flexibility index (Phi) is 11.2. The first kappa shape index (κ1) is 36.6. The predicted octanol–water partition coefficient (Wildman–Crippen LogP) is 6.71. The molecule has 3 aromatic rings. The van der Waals surface area contributed by atoms with Crippen molar-refractivity contribution in [1.82, 2.24) is 15.5 Å². The normalized spacial score (nSPS) is 21.0. The number of carboxylic acid groups (broad SMARTS) is 1. The van der Waals surface area contributed by atoms with Crippen molar-refractivity contribution < 1.29 is 28.6 Å². The fraction of sp³-hybridized carbons (Fsp3) is 0.439. The third kappa shape index (κ3) is 8.48. The number of carbonyl (C=O) groups excluding carboxylic acids is 2. The molecule has 268 valence electrons. The quantitative estimate of drug-likeness (QED) is 0.118. The summed E-state index contributed by atoms with van der Waals surface area (Å²) in [7, 11) is 0. The topological polar surface area (TPSA) is 108 Å². The molecule has 1 aliphatic carbocycles. The molecular formula is C41H45BrFN3O5. The molecule has 0 aromatic heterocycles. The van der Waals surface area contributed by atoms with Crippen LogP contribution in [0.4, 0.5) is 4.39 Å². The highest BCUT2D eigenvalue weighted by Gasteiger charge is 2.55. The van der Waals surface area contributed by atoms with Gasteiger partial charge in [-0.05, 0) is 109 Å². The second-order valence-electron chi connectivity index (χ2n) is 14.6. The number of benzene rings is 3. The summed E-state index contributed by atoms with van der Waals surface area (Å²) in [4.78, 5) is 42.1. The van der Waals surface area contributed by atoms with Gasteiger partial charge in [0, 0.05) is 32.0 Å². The van der Waals surface area contributed by atoms with Crippen molar-refractivity contribution in [2.24, 2.45) is 5.41 Å². The minimum atomic E-state index is -1.20. The Labute approximate surface area is 307 Å². The van der Waals surface area contributed by atoms with E-state index in [-0.39, 0.29) is 43.4 Å². The van der Waals surface area contributed by atoms with Crippen LogP contribution in [-0.2, 0) is 27.2 Å². The number of aryl methyl sites for hydroxylation is 1. The fourth-order valence-corrected chi connectivity index (χ4v) is 7.49. The second kappa shape index (κ2) is 15.6. The summed E-state index contributed by atoms with van der Waals surface area (Å²) < 4.78 is 20.1. The molecule has 2 heterocycles. The van der Waals surface area contributed by atoms with Gasteiger partial charge in [-0.15, -0.1) is 0 Å². The van der Waals surface area contributed by atoms with E-state index < -0.39 is 29.0 Å². The van der Waals surface area contributed by atoms with Gasteiger partial charge in [-0.3, -0.25) is 19.7 Å². The number of hydrogen-bond donors (Lipinski definition) is 3. The van der Waals surface area contributed by atoms with Gasteiger partial charge in [0.2, 0.25) is 11.8 Å². The SMILES string of the molecule is CC(C)(CCC(=O)N1C[C@@H]2C#CC[C@@](C(=O)NCCc3ccccc3C3CC3)(N2)C1c1ccc(CCCOc2cc(F)ccc2Br)cc1)C(=O)O. The zero-order valence-corrected chi connectivity index (χ0v) is 30.7. The van der Waals surface area contributed by atoms with Gasteiger partial charge in [0.25, 0.3) is 0 Å². The van der Waals surface area contributed by atoms with E-state index in [2.05, 4.69) is 56.6 Å². The van der Waals surface area contributed by atoms with Crippen LogP contribution in [0.5, 0.6) is 5.75 Å². The van der Waals surface area contributed by atoms with Gasteiger partial charge < -0.3 is 20.1 Å². The van der Waals surface area contributed by atoms with Crippen molar-refractivity contribution in [2.45, 2.75) is 88.8 Å². The number of fused-ring (bicyclic) bond motifs is 2. The summed E-state index contributed by atoms with van der Waals surface area (Å²) in [6, 6.07) is 19.7. The number of aliphatic carboxylic acids is 1. The summed E-state index contributed by atoms with van der Waals surface area (Å²) in [5.41, 5.74) is 2.19. The highest BCUT2D eigenvalue weighted by Crippen LogP contribution is 2.42. The predicted molar refractivity (Wildman–Crippen MR) is 197 cm³/mol. The number of ether oxygens (including phenoxy) is 1. The molecule has 1 unspecified atom stereocenters. The van der Waals surface area contributed by atoms with Crippen LogP contribution in [0, 0.1) is 23.1 Å². The minimum Gasteiger partial charge on any atom is -0.492 e. The molecule has 2 aliphatic heterocycles. The van der Waals surface area contributed by atoms with Gasteiger partial charge in [-0.2, -0.15) is 0 Å². The molecule has 3 N–H and O–H groups in total. The van der Waals surface area contributed by atoms with Crippen LogP contribution in [0.15, 0.2) is 71.2 Å². The van der Waals surface area contributed by atoms with Crippen molar-refractivity contribution in [1.29, 1.82) is 0 Å². The van der Waals surface area contributed by atoms with Crippen molar-refractivity contribution in [3.63, 3.8) is 0 Å². The summed E-state index contributed by atoms with van der Waals surface area (Å²) in [5, 5.41) is 16.5. The number of hydrogen-bond acceptors (Lipinski definition) is 5. The van der Waals surface area contributed by atoms with E-state index in [1.165, 1.54) is 36.1 Å². The first-order valence-electron chi connectivity index (χ1n) is 17.8. The lowest BCUT2D eigenvalue weighted by Gasteiger charge is -2.52. The maximum Gasteiger partial charge on any atom is 0.309 e. The van der Waals surface area contributed by atoms with Crippen molar-refractivity contribution in [3.05, 3.63) is 99.3 Å². The third-order valence-electron chi connectivity index (χ3n) is 10.3. The Morgan fingerprint density at radius 1 is 1.10 bits per heavy atom. The van der Waals surface area contributed by atoms with E-state index in [1.807, 2.05) is 30.3 Å². The molecule has 3 aromatic carbocycles. The minimum absolute atomic E-state index is 0.0328. The first-order valence-corrected chi connectivity index (χ1v) is 18.6. The molecule has 8 nitrogen and oxygen atoms in total. The largest absolute Gasteiger partial charge is 0.492 e. The fourth-order valence-electron chi connectivity index (χ4n) is 7.13. The Hall–Kier alpha value is -4.20. The summed E-state index contributed by atoms with van der Waals surface area (Å²) in [6.45, 7) is 4.37. The van der Waals surface area contributed by atoms with Crippen LogP contribution in [0.3, 0.4) is 0 Å². The van der Waals surface area contributed by atoms with Crippen molar-refractivity contribution >= 4 is 33.7 Å². The monoisotopic (exact) mass is 757 g/mol. The zero-order chi connectivity index (χ0) is 36.2. The first-order chi connectivity index (χ1) is 24.5. The Balaban J connectivity index is 1.21. The van der Waals surface area contributed by atoms with Crippen molar-refractivity contribution in [3.8, 4) is 17.6 Å². The van der Waals surface area contributed by atoms with E-state index in [0.717, 1.165) is 11.1 Å². The molecular weight excluding hydrogens is 713 g/mol. The van der Waals surface area contributed by atoms with Crippen LogP contribution in [-0.4, -0.2) is 59.1 Å². The molecule has 6 rings (SSSR count). The van der Waals surface area contributed by atoms with E-state index >= 15 is 0 Å². The molecule has 0 radical (unpaired) electrons. The van der Waals surface area contributed by atoms with E-state index in [0.29, 0.717) is 48.6 Å². The van der Waals surface area contributed by atoms with Crippen LogP contribution in [0.2, 0.25) is 0 Å². The number of piperazine rings is 1. The van der Waals surface area contributed by atoms with E-state index in [4.69, 9.17) is 4.74 Å². The highest BCUT2D eigenvalue weighted by molar-refractivity contribution is 9.10. The standard InChI is InChI=1S/C41H45BrFN3O5/c1-40(2,39(49)50)22-19-36(47)46-26-32-9-5-21-41(45-32,38(48)44-23-20-28-8-3-4-10-33(28)29-15-16-29)37(46)30-13-11-27(12-14-30)7-6-24-51-35-25-31(43)17-18-34(35)42/h3-4,8,10-14,17-18,25,29,32,37,45H,6-7,15-16,19-24,26H2,1-2H3,(H,44,48)(H,49,50)/t32-,37?,41+/m0/s1. The number of amides is 2. The number of halogens is 2. The average molecular weight is 759 g/mol. The zero-order valence-electron chi connectivity index (χ0n) is 29.1. The molecule has 51 heavy (non-hydrogen) atoms. The third-order valence-corrected chi connectivity index (χ3v) is 11.0. The van der Waals surface area contributed by atoms with Gasteiger partial charge in [0.1, 0.15) is 17.1 Å². The van der Waals surface area contributed by atoms with Gasteiger partial charge >= 0.3 is 5.97 Å². The number of carbonyl (C=O) groups is 3. The Bertz CT molecular complexity index is 1830. The molecule has 3 atom stereocenters. The molecule has 3 aliphatic rings. The summed E-state index contributed by atoms with van der Waals surface area (Å²) in [6.07, 6.45) is 4.94. The van der Waals surface area contributed by atoms with Crippen molar-refractivity contribution in [2.75, 3.05) is 19.7 Å². The smallest absolute Gasteiger partial charge is 0.309 e. The summed E-state index contributed by atoms with van der Waals surface area (Å²) >= 11 is 3.39. The number of nitrogens with zero attached hydrogens (tertiary/aromatic N) is 1. The highest BCUT2D eigenvalue weighted by atomic mass is 79.9. The lowest BCUT2D eigenvalue weighted by Crippen LogP contribution is -2.73. The number of carboxylic acids is 1. The van der Waals surface area contributed by atoms with Crippen LogP contribution in [0.1, 0.15) is 86.6 Å². The molecule has 2 amide bonds. The number of rotatable bonds is 15. The number of nitrogens with one attached hydrogen (secondary N) is 2. The molecule has 1 saturated heterocycles. The summed E-state index contributed by atoms with van der Waals surface area (Å²) in [5.74, 6) is 5.72. The average Bonchev–Trinajstić information content (AvgIpc) is 3.97. The van der Waals surface area contributed by atoms with E-state index in [1.54, 1.807) is 24.8 Å². The second-order valence-corrected chi connectivity index (χ2v) is 15.4. The van der Waals surface area contributed by atoms with Crippen LogP contribution < -0.4 is 15.4 Å². The van der Waals surface area contributed by atoms with Gasteiger partial charge in [-0.1, -0.05) is 60.4 Å². The van der Waals surface area contributed by atoms with Crippen LogP contribution >= 0.6 is 15.9 Å². The molecule has 2 bridgehead atoms. The molecule has 2 fully saturated rings. The van der Waals surface area contributed by atoms with Crippen LogP contribution in [0.25, 0.3) is 0 Å². The lowest BCUT2D eigenvalue weighted by molar-refractivity contribution is -0.148. The Morgan fingerprint density at radius 2 is 1.86 bits per heavy atom. The lowest BCUT2D eigenvalue weighted by atomic mass is 9.75. The van der Waals surface area contributed by atoms with E-state index in [9.17, 15) is 23.9 Å². The van der Waals surface area contributed by atoms with Gasteiger partial charge in [-0.25, -0.2) is 4.39 Å². The van der Waals surface area contributed by atoms with Gasteiger partial charge in [0.05, 0.1) is 28.6 Å². The molecule has 1 saturated carbocycles. The maximum absolute atomic E-state index is 14.4. The maximum atomic E-state index is 14.4. The molecule has 10 heteroatoms. The molecule has 0 spiro atoms.